The van der Waals surface area contributed by atoms with Crippen molar-refractivity contribution < 1.29 is 5.11 Å². The first-order chi connectivity index (χ1) is 8.25. The highest BCUT2D eigenvalue weighted by atomic mass is 16.3. The summed E-state index contributed by atoms with van der Waals surface area (Å²) in [7, 11) is 0. The molecule has 1 N–H and O–H groups in total. The SMILES string of the molecule is Cc1ccc(C(O)c2cncn2C2CC2)cn1. The number of hydrogen-bond donors (Lipinski definition) is 1. The van der Waals surface area contributed by atoms with Gasteiger partial charge in [0.2, 0.25) is 0 Å². The Morgan fingerprint density at radius 3 is 2.82 bits per heavy atom. The summed E-state index contributed by atoms with van der Waals surface area (Å²) in [5.74, 6) is 0. The Kier molecular flexibility index (Phi) is 2.44. The third-order valence-electron chi connectivity index (χ3n) is 3.17. The number of imidazole rings is 1. The number of rotatable bonds is 3. The summed E-state index contributed by atoms with van der Waals surface area (Å²) >= 11 is 0. The minimum Gasteiger partial charge on any atom is -0.382 e. The molecular formula is C13H15N3O. The first kappa shape index (κ1) is 10.5. The van der Waals surface area contributed by atoms with Gasteiger partial charge in [-0.15, -0.1) is 0 Å². The van der Waals surface area contributed by atoms with E-state index in [0.29, 0.717) is 6.04 Å². The van der Waals surface area contributed by atoms with Crippen LogP contribution in [0.1, 0.15) is 41.9 Å². The van der Waals surface area contributed by atoms with Crippen LogP contribution in [0.5, 0.6) is 0 Å². The molecule has 0 aromatic carbocycles. The van der Waals surface area contributed by atoms with Gasteiger partial charge in [-0.2, -0.15) is 0 Å². The number of aliphatic hydroxyl groups excluding tert-OH is 1. The molecule has 17 heavy (non-hydrogen) atoms. The van der Waals surface area contributed by atoms with Gasteiger partial charge in [-0.25, -0.2) is 4.98 Å². The van der Waals surface area contributed by atoms with Gasteiger partial charge in [0.25, 0.3) is 0 Å². The normalized spacial score (nSPS) is 17.1. The predicted octanol–water partition coefficient (Wildman–Crippen LogP) is 2.00. The van der Waals surface area contributed by atoms with Crippen LogP contribution < -0.4 is 0 Å². The molecule has 0 radical (unpaired) electrons. The number of aryl methyl sites for hydroxylation is 1. The maximum absolute atomic E-state index is 10.3. The van der Waals surface area contributed by atoms with E-state index in [0.717, 1.165) is 17.0 Å². The maximum atomic E-state index is 10.3. The largest absolute Gasteiger partial charge is 0.382 e. The molecule has 2 heterocycles. The topological polar surface area (TPSA) is 50.9 Å². The molecule has 0 aliphatic heterocycles. The van der Waals surface area contributed by atoms with E-state index in [2.05, 4.69) is 14.5 Å². The number of aromatic nitrogens is 3. The minimum atomic E-state index is -0.633. The second kappa shape index (κ2) is 3.96. The summed E-state index contributed by atoms with van der Waals surface area (Å²) in [6.45, 7) is 1.94. The van der Waals surface area contributed by atoms with Crippen molar-refractivity contribution in [1.82, 2.24) is 14.5 Å². The average molecular weight is 229 g/mol. The van der Waals surface area contributed by atoms with E-state index in [9.17, 15) is 5.11 Å². The summed E-state index contributed by atoms with van der Waals surface area (Å²) in [4.78, 5) is 8.34. The van der Waals surface area contributed by atoms with E-state index in [-0.39, 0.29) is 0 Å². The summed E-state index contributed by atoms with van der Waals surface area (Å²) in [5.41, 5.74) is 2.63. The van der Waals surface area contributed by atoms with Crippen molar-refractivity contribution in [2.24, 2.45) is 0 Å². The third kappa shape index (κ3) is 1.96. The highest BCUT2D eigenvalue weighted by Gasteiger charge is 2.27. The zero-order chi connectivity index (χ0) is 11.8. The second-order valence-corrected chi connectivity index (χ2v) is 4.59. The standard InChI is InChI=1S/C13H15N3O/c1-9-2-3-10(6-15-9)13(17)12-7-14-8-16(12)11-4-5-11/h2-3,6-8,11,13,17H,4-5H2,1H3. The molecule has 1 aliphatic rings. The molecule has 1 atom stereocenters. The van der Waals surface area contributed by atoms with Crippen LogP contribution in [0.2, 0.25) is 0 Å². The Balaban J connectivity index is 1.92. The van der Waals surface area contributed by atoms with Gasteiger partial charge in [-0.05, 0) is 25.8 Å². The Hall–Kier alpha value is -1.68. The number of pyridine rings is 1. The highest BCUT2D eigenvalue weighted by molar-refractivity contribution is 5.24. The molecule has 1 fully saturated rings. The summed E-state index contributed by atoms with van der Waals surface area (Å²) in [6.07, 6.45) is 7.00. The van der Waals surface area contributed by atoms with E-state index in [1.54, 1.807) is 18.7 Å². The molecular weight excluding hydrogens is 214 g/mol. The van der Waals surface area contributed by atoms with E-state index < -0.39 is 6.10 Å². The molecule has 1 aliphatic carbocycles. The zero-order valence-corrected chi connectivity index (χ0v) is 9.74. The second-order valence-electron chi connectivity index (χ2n) is 4.59. The monoisotopic (exact) mass is 229 g/mol. The van der Waals surface area contributed by atoms with Crippen molar-refractivity contribution in [2.75, 3.05) is 0 Å². The Bertz CT molecular complexity index is 514. The highest BCUT2D eigenvalue weighted by Crippen LogP contribution is 2.37. The fourth-order valence-corrected chi connectivity index (χ4v) is 2.00. The van der Waals surface area contributed by atoms with Crippen LogP contribution in [0.15, 0.2) is 30.9 Å². The van der Waals surface area contributed by atoms with E-state index >= 15 is 0 Å². The van der Waals surface area contributed by atoms with Gasteiger partial charge in [0, 0.05) is 23.5 Å². The predicted molar refractivity (Wildman–Crippen MR) is 63.5 cm³/mol. The van der Waals surface area contributed by atoms with Crippen LogP contribution in [0, 0.1) is 6.92 Å². The van der Waals surface area contributed by atoms with Crippen LogP contribution in [0.3, 0.4) is 0 Å². The van der Waals surface area contributed by atoms with Crippen LogP contribution in [0.25, 0.3) is 0 Å². The zero-order valence-electron chi connectivity index (χ0n) is 9.74. The molecule has 88 valence electrons. The van der Waals surface area contributed by atoms with Crippen LogP contribution in [-0.2, 0) is 0 Å². The summed E-state index contributed by atoms with van der Waals surface area (Å²) < 4.78 is 2.07. The Morgan fingerprint density at radius 2 is 2.18 bits per heavy atom. The molecule has 1 unspecified atom stereocenters. The lowest BCUT2D eigenvalue weighted by Crippen LogP contribution is -2.07. The van der Waals surface area contributed by atoms with Crippen molar-refractivity contribution >= 4 is 0 Å². The van der Waals surface area contributed by atoms with Crippen molar-refractivity contribution in [2.45, 2.75) is 31.9 Å². The van der Waals surface area contributed by atoms with Gasteiger partial charge >= 0.3 is 0 Å². The Morgan fingerprint density at radius 1 is 1.35 bits per heavy atom. The lowest BCUT2D eigenvalue weighted by molar-refractivity contribution is 0.209. The molecule has 2 aromatic rings. The van der Waals surface area contributed by atoms with Crippen molar-refractivity contribution in [1.29, 1.82) is 0 Å². The fourth-order valence-electron chi connectivity index (χ4n) is 2.00. The molecule has 4 nitrogen and oxygen atoms in total. The van der Waals surface area contributed by atoms with Crippen molar-refractivity contribution in [3.63, 3.8) is 0 Å². The Labute approximate surface area is 100.0 Å². The van der Waals surface area contributed by atoms with Crippen LogP contribution in [-0.4, -0.2) is 19.6 Å². The maximum Gasteiger partial charge on any atom is 0.122 e. The van der Waals surface area contributed by atoms with Crippen molar-refractivity contribution in [3.05, 3.63) is 47.8 Å². The first-order valence-electron chi connectivity index (χ1n) is 5.88. The van der Waals surface area contributed by atoms with Gasteiger partial charge in [0.1, 0.15) is 6.10 Å². The molecule has 0 spiro atoms. The van der Waals surface area contributed by atoms with Crippen molar-refractivity contribution in [3.8, 4) is 0 Å². The smallest absolute Gasteiger partial charge is 0.122 e. The molecule has 1 saturated carbocycles. The number of aliphatic hydroxyl groups is 1. The summed E-state index contributed by atoms with van der Waals surface area (Å²) in [5, 5.41) is 10.3. The van der Waals surface area contributed by atoms with Gasteiger partial charge in [-0.1, -0.05) is 6.07 Å². The number of hydrogen-bond acceptors (Lipinski definition) is 3. The van der Waals surface area contributed by atoms with Gasteiger partial charge in [0.05, 0.1) is 18.2 Å². The molecule has 0 bridgehead atoms. The van der Waals surface area contributed by atoms with Gasteiger partial charge in [-0.3, -0.25) is 4.98 Å². The van der Waals surface area contributed by atoms with E-state index in [1.807, 2.05) is 19.1 Å². The summed E-state index contributed by atoms with van der Waals surface area (Å²) in [6, 6.07) is 4.36. The van der Waals surface area contributed by atoms with Gasteiger partial charge < -0.3 is 9.67 Å². The van der Waals surface area contributed by atoms with Crippen LogP contribution >= 0.6 is 0 Å². The first-order valence-corrected chi connectivity index (χ1v) is 5.88. The van der Waals surface area contributed by atoms with Gasteiger partial charge in [0.15, 0.2) is 0 Å². The molecule has 0 saturated heterocycles. The van der Waals surface area contributed by atoms with E-state index in [4.69, 9.17) is 0 Å². The average Bonchev–Trinajstić information content (AvgIpc) is 3.07. The van der Waals surface area contributed by atoms with Crippen LogP contribution in [0.4, 0.5) is 0 Å². The molecule has 4 heteroatoms. The molecule has 2 aromatic heterocycles. The molecule has 3 rings (SSSR count). The lowest BCUT2D eigenvalue weighted by Gasteiger charge is -2.13. The van der Waals surface area contributed by atoms with E-state index in [1.165, 1.54) is 12.8 Å². The fraction of sp³-hybridized carbons (Fsp3) is 0.385. The minimum absolute atomic E-state index is 0.528. The lowest BCUT2D eigenvalue weighted by atomic mass is 10.1. The molecule has 0 amide bonds. The number of nitrogens with zero attached hydrogens (tertiary/aromatic N) is 3. The quantitative estimate of drug-likeness (QED) is 0.875. The third-order valence-corrected chi connectivity index (χ3v) is 3.17.